The van der Waals surface area contributed by atoms with Gasteiger partial charge in [0.25, 0.3) is 0 Å². The molecule has 0 radical (unpaired) electrons. The molecule has 2 aliphatic rings. The van der Waals surface area contributed by atoms with Crippen molar-refractivity contribution in [1.29, 1.82) is 0 Å². The SMILES string of the molecule is O=C(O)CC(NC(=O)C(CS)NC(=O)C1CCCN1)C(=O)N1CCCC1C(=O)O. The smallest absolute Gasteiger partial charge is 0.326 e. The minimum atomic E-state index is -1.44. The monoisotopic (exact) mass is 430 g/mol. The molecule has 2 heterocycles. The zero-order chi connectivity index (χ0) is 21.6. The van der Waals surface area contributed by atoms with Gasteiger partial charge < -0.3 is 31.1 Å². The molecule has 29 heavy (non-hydrogen) atoms. The van der Waals surface area contributed by atoms with Crippen LogP contribution in [0.5, 0.6) is 0 Å². The lowest BCUT2D eigenvalue weighted by molar-refractivity contribution is -0.150. The number of amides is 3. The maximum absolute atomic E-state index is 12.7. The molecule has 0 saturated carbocycles. The highest BCUT2D eigenvalue weighted by atomic mass is 32.1. The van der Waals surface area contributed by atoms with E-state index >= 15 is 0 Å². The molecule has 11 nitrogen and oxygen atoms in total. The third-order valence-corrected chi connectivity index (χ3v) is 5.37. The van der Waals surface area contributed by atoms with E-state index in [4.69, 9.17) is 5.11 Å². The number of nitrogens with zero attached hydrogens (tertiary/aromatic N) is 1. The third-order valence-electron chi connectivity index (χ3n) is 5.01. The van der Waals surface area contributed by atoms with Crippen LogP contribution in [0.15, 0.2) is 0 Å². The van der Waals surface area contributed by atoms with Crippen LogP contribution in [0.2, 0.25) is 0 Å². The minimum Gasteiger partial charge on any atom is -0.481 e. The first-order valence-electron chi connectivity index (χ1n) is 9.44. The lowest BCUT2D eigenvalue weighted by atomic mass is 10.1. The van der Waals surface area contributed by atoms with Crippen molar-refractivity contribution in [2.24, 2.45) is 0 Å². The van der Waals surface area contributed by atoms with Crippen LogP contribution in [-0.2, 0) is 24.0 Å². The van der Waals surface area contributed by atoms with Crippen molar-refractivity contribution >= 4 is 42.3 Å². The summed E-state index contributed by atoms with van der Waals surface area (Å²) < 4.78 is 0. The lowest BCUT2D eigenvalue weighted by Crippen LogP contribution is -2.58. The van der Waals surface area contributed by atoms with Crippen LogP contribution in [-0.4, -0.2) is 87.8 Å². The Kier molecular flexibility index (Phi) is 8.26. The van der Waals surface area contributed by atoms with E-state index in [9.17, 15) is 29.1 Å². The molecule has 162 valence electrons. The van der Waals surface area contributed by atoms with Crippen LogP contribution in [0.25, 0.3) is 0 Å². The standard InChI is InChI=1S/C17H26N4O7S/c22-13(23)7-10(16(26)21-6-2-4-12(21)17(27)28)19-15(25)11(8-29)20-14(24)9-3-1-5-18-9/h9-12,18,29H,1-8H2,(H,19,25)(H,20,24)(H,22,23)(H,27,28). The number of thiol groups is 1. The Balaban J connectivity index is 2.05. The summed E-state index contributed by atoms with van der Waals surface area (Å²) in [7, 11) is 0. The fourth-order valence-corrected chi connectivity index (χ4v) is 3.77. The number of carboxylic acids is 2. The maximum atomic E-state index is 12.7. The van der Waals surface area contributed by atoms with Gasteiger partial charge in [-0.15, -0.1) is 0 Å². The van der Waals surface area contributed by atoms with Crippen molar-refractivity contribution in [3.05, 3.63) is 0 Å². The van der Waals surface area contributed by atoms with E-state index in [1.807, 2.05) is 0 Å². The van der Waals surface area contributed by atoms with Crippen LogP contribution in [0, 0.1) is 0 Å². The van der Waals surface area contributed by atoms with Gasteiger partial charge in [0.05, 0.1) is 12.5 Å². The van der Waals surface area contributed by atoms with E-state index in [0.717, 1.165) is 11.3 Å². The van der Waals surface area contributed by atoms with Crippen molar-refractivity contribution in [2.45, 2.75) is 56.3 Å². The van der Waals surface area contributed by atoms with Gasteiger partial charge in [-0.3, -0.25) is 19.2 Å². The van der Waals surface area contributed by atoms with Crippen molar-refractivity contribution in [2.75, 3.05) is 18.8 Å². The molecule has 2 rings (SSSR count). The summed E-state index contributed by atoms with van der Waals surface area (Å²) in [6.45, 7) is 0.869. The average Bonchev–Trinajstić information content (AvgIpc) is 3.35. The molecule has 4 atom stereocenters. The van der Waals surface area contributed by atoms with Gasteiger partial charge in [0.2, 0.25) is 17.7 Å². The molecular formula is C17H26N4O7S. The first-order valence-corrected chi connectivity index (χ1v) is 10.1. The summed E-state index contributed by atoms with van der Waals surface area (Å²) in [4.78, 5) is 61.1. The van der Waals surface area contributed by atoms with Crippen LogP contribution < -0.4 is 16.0 Å². The first-order chi connectivity index (χ1) is 13.7. The van der Waals surface area contributed by atoms with Gasteiger partial charge in [0.15, 0.2) is 0 Å². The minimum absolute atomic E-state index is 0.0558. The molecule has 12 heteroatoms. The molecular weight excluding hydrogens is 404 g/mol. The molecule has 0 aromatic carbocycles. The largest absolute Gasteiger partial charge is 0.481 e. The molecule has 2 fully saturated rings. The Morgan fingerprint density at radius 3 is 2.34 bits per heavy atom. The van der Waals surface area contributed by atoms with Crippen LogP contribution in [0.4, 0.5) is 0 Å². The highest BCUT2D eigenvalue weighted by molar-refractivity contribution is 7.80. The Morgan fingerprint density at radius 2 is 1.79 bits per heavy atom. The van der Waals surface area contributed by atoms with Gasteiger partial charge in [-0.1, -0.05) is 0 Å². The van der Waals surface area contributed by atoms with E-state index in [1.165, 1.54) is 0 Å². The van der Waals surface area contributed by atoms with Crippen LogP contribution in [0.1, 0.15) is 32.1 Å². The first kappa shape index (κ1) is 22.9. The summed E-state index contributed by atoms with van der Waals surface area (Å²) >= 11 is 4.06. The average molecular weight is 430 g/mol. The van der Waals surface area contributed by atoms with Crippen molar-refractivity contribution < 1.29 is 34.2 Å². The molecule has 2 aliphatic heterocycles. The predicted octanol–water partition coefficient (Wildman–Crippen LogP) is -1.81. The Morgan fingerprint density at radius 1 is 1.07 bits per heavy atom. The van der Waals surface area contributed by atoms with E-state index < -0.39 is 54.3 Å². The fourth-order valence-electron chi connectivity index (χ4n) is 3.51. The molecule has 0 aromatic rings. The number of nitrogens with one attached hydrogen (secondary N) is 3. The van der Waals surface area contributed by atoms with Crippen molar-refractivity contribution in [3.63, 3.8) is 0 Å². The Labute approximate surface area is 173 Å². The zero-order valence-electron chi connectivity index (χ0n) is 15.8. The highest BCUT2D eigenvalue weighted by Crippen LogP contribution is 2.19. The molecule has 2 saturated heterocycles. The van der Waals surface area contributed by atoms with E-state index in [-0.39, 0.29) is 24.6 Å². The number of aliphatic carboxylic acids is 2. The fraction of sp³-hybridized carbons (Fsp3) is 0.706. The molecule has 3 amide bonds. The predicted molar refractivity (Wildman–Crippen MR) is 103 cm³/mol. The van der Waals surface area contributed by atoms with Gasteiger partial charge in [0, 0.05) is 12.3 Å². The number of rotatable bonds is 9. The second kappa shape index (κ2) is 10.4. The van der Waals surface area contributed by atoms with Gasteiger partial charge in [-0.2, -0.15) is 12.6 Å². The van der Waals surface area contributed by atoms with E-state index in [0.29, 0.717) is 19.4 Å². The number of hydrogen-bond acceptors (Lipinski definition) is 7. The molecule has 4 unspecified atom stereocenters. The molecule has 5 N–H and O–H groups in total. The topological polar surface area (TPSA) is 165 Å². The van der Waals surface area contributed by atoms with E-state index in [1.54, 1.807) is 0 Å². The van der Waals surface area contributed by atoms with Gasteiger partial charge in [-0.25, -0.2) is 4.79 Å². The summed E-state index contributed by atoms with van der Waals surface area (Å²) in [5.74, 6) is -4.45. The number of carboxylic acid groups (broad SMARTS) is 2. The second-order valence-electron chi connectivity index (χ2n) is 7.08. The van der Waals surface area contributed by atoms with Crippen LogP contribution >= 0.6 is 12.6 Å². The summed E-state index contributed by atoms with van der Waals surface area (Å²) in [6.07, 6.45) is 1.51. The number of carbonyl (C=O) groups is 5. The quantitative estimate of drug-likeness (QED) is 0.233. The second-order valence-corrected chi connectivity index (χ2v) is 7.44. The summed E-state index contributed by atoms with van der Waals surface area (Å²) in [5, 5.41) is 26.3. The molecule has 0 bridgehead atoms. The zero-order valence-corrected chi connectivity index (χ0v) is 16.7. The lowest BCUT2D eigenvalue weighted by Gasteiger charge is -2.28. The Bertz CT molecular complexity index is 668. The summed E-state index contributed by atoms with van der Waals surface area (Å²) in [5.41, 5.74) is 0. The molecule has 0 spiro atoms. The maximum Gasteiger partial charge on any atom is 0.326 e. The molecule has 0 aromatic heterocycles. The van der Waals surface area contributed by atoms with Gasteiger partial charge in [0.1, 0.15) is 18.1 Å². The third kappa shape index (κ3) is 6.07. The summed E-state index contributed by atoms with van der Waals surface area (Å²) in [6, 6.07) is -3.97. The number of likely N-dealkylation sites (tertiary alicyclic amines) is 1. The highest BCUT2D eigenvalue weighted by Gasteiger charge is 2.39. The van der Waals surface area contributed by atoms with Crippen molar-refractivity contribution in [1.82, 2.24) is 20.9 Å². The van der Waals surface area contributed by atoms with Gasteiger partial charge >= 0.3 is 11.9 Å². The number of carbonyl (C=O) groups excluding carboxylic acids is 3. The van der Waals surface area contributed by atoms with Gasteiger partial charge in [-0.05, 0) is 32.2 Å². The van der Waals surface area contributed by atoms with Crippen molar-refractivity contribution in [3.8, 4) is 0 Å². The van der Waals surface area contributed by atoms with Crippen LogP contribution in [0.3, 0.4) is 0 Å². The Hall–Kier alpha value is -2.34. The van der Waals surface area contributed by atoms with E-state index in [2.05, 4.69) is 28.6 Å². The number of hydrogen-bond donors (Lipinski definition) is 6. The molecule has 0 aliphatic carbocycles. The normalized spacial score (nSPS) is 23.3.